The zero-order valence-corrected chi connectivity index (χ0v) is 20.2. The smallest absolute Gasteiger partial charge is 0.434 e. The summed E-state index contributed by atoms with van der Waals surface area (Å²) in [6.45, 7) is 5.28. The van der Waals surface area contributed by atoms with Crippen molar-refractivity contribution in [1.82, 2.24) is 24.2 Å². The van der Waals surface area contributed by atoms with Crippen molar-refractivity contribution in [3.05, 3.63) is 47.7 Å². The fourth-order valence-corrected chi connectivity index (χ4v) is 4.47. The van der Waals surface area contributed by atoms with E-state index in [0.717, 1.165) is 30.7 Å². The minimum atomic E-state index is -4.60. The van der Waals surface area contributed by atoms with Gasteiger partial charge in [-0.05, 0) is 37.5 Å². The minimum Gasteiger partial charge on any atom is -0.470 e. The van der Waals surface area contributed by atoms with E-state index in [1.165, 1.54) is 6.20 Å². The monoisotopic (exact) mass is 525 g/mol. The Kier molecular flexibility index (Phi) is 7.64. The molecule has 2 N–H and O–H groups in total. The first-order valence-corrected chi connectivity index (χ1v) is 11.8. The summed E-state index contributed by atoms with van der Waals surface area (Å²) in [5, 5.41) is 5.77. The van der Waals surface area contributed by atoms with E-state index in [4.69, 9.17) is 4.74 Å². The van der Waals surface area contributed by atoms with E-state index >= 15 is 0 Å². The number of hydrogen-bond donors (Lipinski definition) is 2. The second-order valence-corrected chi connectivity index (χ2v) is 8.93. The third-order valence-corrected chi connectivity index (χ3v) is 6.21. The number of carbonyl (C=O) groups excluding carboxylic acids is 1. The fraction of sp³-hybridized carbons (Fsp3) is 0.409. The van der Waals surface area contributed by atoms with Crippen LogP contribution in [-0.4, -0.2) is 62.0 Å². The average molecular weight is 526 g/mol. The topological polar surface area (TPSA) is 105 Å². The summed E-state index contributed by atoms with van der Waals surface area (Å²) in [4.78, 5) is 26.1. The molecule has 4 heterocycles. The third kappa shape index (κ3) is 6.05. The van der Waals surface area contributed by atoms with Gasteiger partial charge in [0.25, 0.3) is 5.91 Å². The normalized spacial score (nSPS) is 18.3. The molecule has 4 rings (SSSR count). The molecule has 1 saturated heterocycles. The van der Waals surface area contributed by atoms with Crippen molar-refractivity contribution in [2.24, 2.45) is 0 Å². The molecule has 1 aliphatic rings. The van der Waals surface area contributed by atoms with E-state index in [2.05, 4.69) is 30.0 Å². The number of aromatic nitrogens is 4. The Bertz CT molecular complexity index is 1190. The van der Waals surface area contributed by atoms with Crippen LogP contribution < -0.4 is 15.4 Å². The molecule has 0 aromatic carbocycles. The highest BCUT2D eigenvalue weighted by Crippen LogP contribution is 2.30. The maximum atomic E-state index is 14.2. The van der Waals surface area contributed by atoms with E-state index in [1.807, 2.05) is 11.8 Å². The first-order valence-electron chi connectivity index (χ1n) is 11.1. The number of amides is 1. The highest BCUT2D eigenvalue weighted by molar-refractivity contribution is 7.10. The van der Waals surface area contributed by atoms with Gasteiger partial charge in [0.15, 0.2) is 11.9 Å². The van der Waals surface area contributed by atoms with Gasteiger partial charge in [0, 0.05) is 19.2 Å². The van der Waals surface area contributed by atoms with Gasteiger partial charge < -0.3 is 15.4 Å². The van der Waals surface area contributed by atoms with Gasteiger partial charge in [-0.25, -0.2) is 19.3 Å². The van der Waals surface area contributed by atoms with Crippen LogP contribution in [0.15, 0.2) is 30.7 Å². The number of anilines is 3. The first kappa shape index (κ1) is 25.7. The van der Waals surface area contributed by atoms with Crippen molar-refractivity contribution >= 4 is 33.9 Å². The Balaban J connectivity index is 1.39. The van der Waals surface area contributed by atoms with Crippen LogP contribution >= 0.6 is 11.5 Å². The molecule has 192 valence electrons. The summed E-state index contributed by atoms with van der Waals surface area (Å²) < 4.78 is 62.2. The van der Waals surface area contributed by atoms with Crippen LogP contribution in [0.25, 0.3) is 0 Å². The van der Waals surface area contributed by atoms with E-state index in [-0.39, 0.29) is 17.3 Å². The van der Waals surface area contributed by atoms with Crippen molar-refractivity contribution in [2.75, 3.05) is 30.3 Å². The standard InChI is InChI=1S/C22H23F4N7O2S/c1-3-6-33-10-14(23)15(11-33)35-18-5-4-13(7-29-18)30-20(34)19-12(2)32-36-21(19)31-17-9-27-16(8-28-17)22(24,25)26/h4-5,7-9,14-15H,3,6,10-11H2,1-2H3,(H,28,31)(H,30,34)/t14-,15+/m0/s1. The maximum absolute atomic E-state index is 14.2. The number of pyridine rings is 1. The summed E-state index contributed by atoms with van der Waals surface area (Å²) in [7, 11) is 0. The lowest BCUT2D eigenvalue weighted by atomic mass is 10.2. The lowest BCUT2D eigenvalue weighted by molar-refractivity contribution is -0.141. The molecule has 3 aromatic rings. The van der Waals surface area contributed by atoms with E-state index in [9.17, 15) is 22.4 Å². The Labute approximate surface area is 208 Å². The summed E-state index contributed by atoms with van der Waals surface area (Å²) in [6.07, 6.45) is -2.47. The number of alkyl halides is 4. The quantitative estimate of drug-likeness (QED) is 0.416. The van der Waals surface area contributed by atoms with Crippen molar-refractivity contribution < 1.29 is 27.1 Å². The van der Waals surface area contributed by atoms with Gasteiger partial charge in [-0.1, -0.05) is 6.92 Å². The van der Waals surface area contributed by atoms with Gasteiger partial charge in [-0.2, -0.15) is 17.5 Å². The number of halogens is 4. The largest absolute Gasteiger partial charge is 0.470 e. The number of ether oxygens (including phenoxy) is 1. The molecule has 2 atom stereocenters. The number of hydrogen-bond acceptors (Lipinski definition) is 9. The zero-order chi connectivity index (χ0) is 25.9. The third-order valence-electron chi connectivity index (χ3n) is 5.35. The molecular weight excluding hydrogens is 502 g/mol. The SMILES string of the molecule is CCCN1C[C@H](F)[C@H](Oc2ccc(NC(=O)c3c(C)nsc3Nc3cnc(C(F)(F)F)cn3)cn2)C1. The maximum Gasteiger partial charge on any atom is 0.434 e. The molecule has 3 aromatic heterocycles. The molecule has 0 bridgehead atoms. The predicted octanol–water partition coefficient (Wildman–Crippen LogP) is 4.46. The minimum absolute atomic E-state index is 0.0273. The number of aryl methyl sites for hydroxylation is 1. The first-order chi connectivity index (χ1) is 17.1. The molecule has 1 amide bonds. The Morgan fingerprint density at radius 2 is 2.00 bits per heavy atom. The number of nitrogens with zero attached hydrogens (tertiary/aromatic N) is 5. The van der Waals surface area contributed by atoms with Crippen molar-refractivity contribution in [1.29, 1.82) is 0 Å². The average Bonchev–Trinajstić information content (AvgIpc) is 3.36. The molecule has 9 nitrogen and oxygen atoms in total. The molecule has 0 spiro atoms. The predicted molar refractivity (Wildman–Crippen MR) is 125 cm³/mol. The van der Waals surface area contributed by atoms with Gasteiger partial charge in [-0.3, -0.25) is 9.69 Å². The van der Waals surface area contributed by atoms with Crippen LogP contribution in [-0.2, 0) is 6.18 Å². The Morgan fingerprint density at radius 3 is 2.64 bits per heavy atom. The molecular formula is C22H23F4N7O2S. The van der Waals surface area contributed by atoms with Crippen LogP contribution in [0.4, 0.5) is 34.1 Å². The zero-order valence-electron chi connectivity index (χ0n) is 19.3. The van der Waals surface area contributed by atoms with Crippen molar-refractivity contribution in [3.63, 3.8) is 0 Å². The molecule has 0 radical (unpaired) electrons. The molecule has 1 fully saturated rings. The Morgan fingerprint density at radius 1 is 1.19 bits per heavy atom. The second kappa shape index (κ2) is 10.7. The van der Waals surface area contributed by atoms with Gasteiger partial charge in [0.1, 0.15) is 16.9 Å². The van der Waals surface area contributed by atoms with Crippen molar-refractivity contribution in [3.8, 4) is 5.88 Å². The number of nitrogens with one attached hydrogen (secondary N) is 2. The van der Waals surface area contributed by atoms with Gasteiger partial charge in [0.2, 0.25) is 5.88 Å². The summed E-state index contributed by atoms with van der Waals surface area (Å²) in [5.74, 6) is -0.232. The summed E-state index contributed by atoms with van der Waals surface area (Å²) in [5.41, 5.74) is -0.141. The highest BCUT2D eigenvalue weighted by Gasteiger charge is 2.34. The summed E-state index contributed by atoms with van der Waals surface area (Å²) in [6, 6.07) is 3.12. The summed E-state index contributed by atoms with van der Waals surface area (Å²) >= 11 is 0.956. The lowest BCUT2D eigenvalue weighted by Crippen LogP contribution is -2.28. The number of likely N-dealkylation sites (tertiary alicyclic amines) is 1. The van der Waals surface area contributed by atoms with Gasteiger partial charge in [-0.15, -0.1) is 0 Å². The highest BCUT2D eigenvalue weighted by atomic mass is 32.1. The van der Waals surface area contributed by atoms with E-state index in [1.54, 1.807) is 19.1 Å². The van der Waals surface area contributed by atoms with Gasteiger partial charge in [0.05, 0.1) is 35.5 Å². The number of carbonyl (C=O) groups is 1. The van der Waals surface area contributed by atoms with Gasteiger partial charge >= 0.3 is 6.18 Å². The van der Waals surface area contributed by atoms with Crippen LogP contribution in [0.2, 0.25) is 0 Å². The molecule has 1 aliphatic heterocycles. The van der Waals surface area contributed by atoms with E-state index < -0.39 is 30.1 Å². The molecule has 36 heavy (non-hydrogen) atoms. The van der Waals surface area contributed by atoms with Crippen LogP contribution in [0.1, 0.15) is 35.1 Å². The molecule has 0 aliphatic carbocycles. The lowest BCUT2D eigenvalue weighted by Gasteiger charge is -2.15. The molecule has 0 saturated carbocycles. The van der Waals surface area contributed by atoms with E-state index in [0.29, 0.717) is 35.7 Å². The molecule has 0 unspecified atom stereocenters. The van der Waals surface area contributed by atoms with Crippen LogP contribution in [0.5, 0.6) is 5.88 Å². The second-order valence-electron chi connectivity index (χ2n) is 8.15. The van der Waals surface area contributed by atoms with Crippen LogP contribution in [0, 0.1) is 6.92 Å². The molecule has 14 heteroatoms. The number of rotatable bonds is 8. The fourth-order valence-electron chi connectivity index (χ4n) is 3.67. The van der Waals surface area contributed by atoms with Crippen molar-refractivity contribution in [2.45, 2.75) is 38.7 Å². The van der Waals surface area contributed by atoms with Crippen LogP contribution in [0.3, 0.4) is 0 Å². The Hall–Kier alpha value is -3.39.